The summed E-state index contributed by atoms with van der Waals surface area (Å²) in [6.07, 6.45) is 6.58. The van der Waals surface area contributed by atoms with Gasteiger partial charge in [0.25, 0.3) is 0 Å². The normalized spacial score (nSPS) is 23.1. The summed E-state index contributed by atoms with van der Waals surface area (Å²) < 4.78 is 5.57. The number of hydrogen-bond acceptors (Lipinski definition) is 3. The molecule has 0 spiro atoms. The van der Waals surface area contributed by atoms with Crippen molar-refractivity contribution in [1.29, 1.82) is 0 Å². The monoisotopic (exact) mass is 276 g/mol. The summed E-state index contributed by atoms with van der Waals surface area (Å²) in [6, 6.07) is 8.92. The molecule has 1 aromatic rings. The number of nitrogens with zero attached hydrogens (tertiary/aromatic N) is 1. The third-order valence-electron chi connectivity index (χ3n) is 4.30. The summed E-state index contributed by atoms with van der Waals surface area (Å²) in [4.78, 5) is 2.61. The molecule has 1 fully saturated rings. The molecule has 3 nitrogen and oxygen atoms in total. The third-order valence-corrected chi connectivity index (χ3v) is 4.30. The van der Waals surface area contributed by atoms with E-state index in [0.29, 0.717) is 12.1 Å². The first-order valence-corrected chi connectivity index (χ1v) is 7.84. The van der Waals surface area contributed by atoms with E-state index in [1.165, 1.54) is 37.7 Å². The molecule has 0 radical (unpaired) electrons. The van der Waals surface area contributed by atoms with Crippen LogP contribution in [0.2, 0.25) is 0 Å². The van der Waals surface area contributed by atoms with E-state index in [1.807, 2.05) is 19.2 Å². The lowest BCUT2D eigenvalue weighted by atomic mass is 9.91. The zero-order valence-corrected chi connectivity index (χ0v) is 12.8. The van der Waals surface area contributed by atoms with Gasteiger partial charge in [0.2, 0.25) is 0 Å². The lowest BCUT2D eigenvalue weighted by Gasteiger charge is -2.37. The lowest BCUT2D eigenvalue weighted by molar-refractivity contribution is 0.0254. The van der Waals surface area contributed by atoms with E-state index >= 15 is 0 Å². The van der Waals surface area contributed by atoms with Crippen LogP contribution in [0, 0.1) is 0 Å². The first-order chi connectivity index (χ1) is 9.72. The van der Waals surface area contributed by atoms with Crippen LogP contribution in [0.1, 0.15) is 44.6 Å². The molecule has 2 atom stereocenters. The van der Waals surface area contributed by atoms with Crippen molar-refractivity contribution in [2.24, 2.45) is 0 Å². The quantitative estimate of drug-likeness (QED) is 0.809. The van der Waals surface area contributed by atoms with Crippen LogP contribution in [0.5, 0.6) is 0 Å². The van der Waals surface area contributed by atoms with E-state index in [0.717, 1.165) is 18.8 Å². The molecule has 112 valence electrons. The molecule has 1 aromatic carbocycles. The molecule has 3 heteroatoms. The largest absolute Gasteiger partial charge is 0.399 e. The second kappa shape index (κ2) is 7.65. The Morgan fingerprint density at radius 3 is 2.90 bits per heavy atom. The number of benzene rings is 1. The molecule has 0 aliphatic heterocycles. The van der Waals surface area contributed by atoms with Gasteiger partial charge in [-0.2, -0.15) is 0 Å². The number of nitrogens with two attached hydrogens (primary N) is 1. The van der Waals surface area contributed by atoms with Crippen molar-refractivity contribution in [1.82, 2.24) is 4.90 Å². The molecule has 0 saturated heterocycles. The van der Waals surface area contributed by atoms with Crippen molar-refractivity contribution in [3.8, 4) is 0 Å². The summed E-state index contributed by atoms with van der Waals surface area (Å²) in [5.41, 5.74) is 8.07. The summed E-state index contributed by atoms with van der Waals surface area (Å²) in [5, 5.41) is 0. The molecule has 2 rings (SSSR count). The molecule has 0 aromatic heterocycles. The minimum Gasteiger partial charge on any atom is -0.399 e. The summed E-state index contributed by atoms with van der Waals surface area (Å²) in [5.74, 6) is 0. The smallest absolute Gasteiger partial charge is 0.0586 e. The van der Waals surface area contributed by atoms with Gasteiger partial charge in [0.05, 0.1) is 6.10 Å². The number of methoxy groups -OCH3 is 1. The number of rotatable bonds is 6. The number of ether oxygens (including phenoxy) is 1. The van der Waals surface area contributed by atoms with Gasteiger partial charge >= 0.3 is 0 Å². The van der Waals surface area contributed by atoms with Crippen LogP contribution in [0.15, 0.2) is 24.3 Å². The Kier molecular flexibility index (Phi) is 5.86. The van der Waals surface area contributed by atoms with E-state index < -0.39 is 0 Å². The summed E-state index contributed by atoms with van der Waals surface area (Å²) in [7, 11) is 1.84. The fourth-order valence-electron chi connectivity index (χ4n) is 3.27. The fraction of sp³-hybridized carbons (Fsp3) is 0.647. The Bertz CT molecular complexity index is 408. The Balaban J connectivity index is 2.02. The molecular formula is C17H28N2O. The summed E-state index contributed by atoms with van der Waals surface area (Å²) >= 11 is 0. The molecule has 2 unspecified atom stereocenters. The second-order valence-electron chi connectivity index (χ2n) is 5.89. The minimum atomic E-state index is 0.439. The van der Waals surface area contributed by atoms with Gasteiger partial charge < -0.3 is 10.5 Å². The standard InChI is InChI=1S/C17H28N2O/c1-3-10-19(13-14-6-4-7-15(18)11-14)16-8-5-9-17(12-16)20-2/h4,6-7,11,16-17H,3,5,8-10,12-13,18H2,1-2H3. The Hall–Kier alpha value is -1.06. The van der Waals surface area contributed by atoms with Crippen LogP contribution in [0.3, 0.4) is 0 Å². The Morgan fingerprint density at radius 2 is 2.20 bits per heavy atom. The van der Waals surface area contributed by atoms with Gasteiger partial charge in [0.1, 0.15) is 0 Å². The van der Waals surface area contributed by atoms with Crippen molar-refractivity contribution in [3.05, 3.63) is 29.8 Å². The molecule has 20 heavy (non-hydrogen) atoms. The van der Waals surface area contributed by atoms with Gasteiger partial charge in [0, 0.05) is 25.4 Å². The van der Waals surface area contributed by atoms with Crippen molar-refractivity contribution in [2.75, 3.05) is 19.4 Å². The van der Waals surface area contributed by atoms with Crippen LogP contribution in [0.25, 0.3) is 0 Å². The average Bonchev–Trinajstić information content (AvgIpc) is 2.47. The van der Waals surface area contributed by atoms with E-state index in [2.05, 4.69) is 24.0 Å². The molecule has 1 saturated carbocycles. The van der Waals surface area contributed by atoms with E-state index in [4.69, 9.17) is 10.5 Å². The Labute approximate surface area is 123 Å². The fourth-order valence-corrected chi connectivity index (χ4v) is 3.27. The second-order valence-corrected chi connectivity index (χ2v) is 5.89. The van der Waals surface area contributed by atoms with Gasteiger partial charge in [-0.15, -0.1) is 0 Å². The predicted molar refractivity (Wildman–Crippen MR) is 84.6 cm³/mol. The highest BCUT2D eigenvalue weighted by atomic mass is 16.5. The summed E-state index contributed by atoms with van der Waals surface area (Å²) in [6.45, 7) is 4.40. The average molecular weight is 276 g/mol. The number of hydrogen-bond donors (Lipinski definition) is 1. The molecule has 2 N–H and O–H groups in total. The van der Waals surface area contributed by atoms with Crippen LogP contribution < -0.4 is 5.73 Å². The number of nitrogen functional groups attached to an aromatic ring is 1. The topological polar surface area (TPSA) is 38.5 Å². The SMILES string of the molecule is CCCN(Cc1cccc(N)c1)C1CCCC(OC)C1. The minimum absolute atomic E-state index is 0.439. The van der Waals surface area contributed by atoms with Crippen LogP contribution in [-0.4, -0.2) is 30.7 Å². The van der Waals surface area contributed by atoms with E-state index in [9.17, 15) is 0 Å². The van der Waals surface area contributed by atoms with E-state index in [-0.39, 0.29) is 0 Å². The molecule has 0 heterocycles. The zero-order chi connectivity index (χ0) is 14.4. The van der Waals surface area contributed by atoms with Crippen LogP contribution in [-0.2, 0) is 11.3 Å². The molecule has 1 aliphatic rings. The maximum atomic E-state index is 5.89. The van der Waals surface area contributed by atoms with Gasteiger partial charge in [-0.1, -0.05) is 19.1 Å². The molecule has 0 bridgehead atoms. The van der Waals surface area contributed by atoms with Gasteiger partial charge in [0.15, 0.2) is 0 Å². The van der Waals surface area contributed by atoms with Crippen molar-refractivity contribution in [2.45, 2.75) is 57.7 Å². The lowest BCUT2D eigenvalue weighted by Crippen LogP contribution is -2.40. The number of anilines is 1. The zero-order valence-electron chi connectivity index (χ0n) is 12.8. The first-order valence-electron chi connectivity index (χ1n) is 7.84. The molecular weight excluding hydrogens is 248 g/mol. The molecule has 1 aliphatic carbocycles. The highest BCUT2D eigenvalue weighted by Gasteiger charge is 2.26. The highest BCUT2D eigenvalue weighted by Crippen LogP contribution is 2.26. The predicted octanol–water partition coefficient (Wildman–Crippen LogP) is 3.44. The van der Waals surface area contributed by atoms with Gasteiger partial charge in [-0.3, -0.25) is 4.90 Å². The van der Waals surface area contributed by atoms with Crippen LogP contribution in [0.4, 0.5) is 5.69 Å². The molecule has 0 amide bonds. The van der Waals surface area contributed by atoms with Crippen LogP contribution >= 0.6 is 0 Å². The van der Waals surface area contributed by atoms with Crippen molar-refractivity contribution in [3.63, 3.8) is 0 Å². The van der Waals surface area contributed by atoms with Gasteiger partial charge in [-0.05, 0) is 56.3 Å². The first kappa shape index (κ1) is 15.3. The highest BCUT2D eigenvalue weighted by molar-refractivity contribution is 5.40. The van der Waals surface area contributed by atoms with E-state index in [1.54, 1.807) is 0 Å². The van der Waals surface area contributed by atoms with Crippen molar-refractivity contribution >= 4 is 5.69 Å². The maximum Gasteiger partial charge on any atom is 0.0586 e. The maximum absolute atomic E-state index is 5.89. The van der Waals surface area contributed by atoms with Crippen molar-refractivity contribution < 1.29 is 4.74 Å². The van der Waals surface area contributed by atoms with Gasteiger partial charge in [-0.25, -0.2) is 0 Å². The third kappa shape index (κ3) is 4.22. The Morgan fingerprint density at radius 1 is 1.35 bits per heavy atom.